The first-order chi connectivity index (χ1) is 9.83. The van der Waals surface area contributed by atoms with Crippen LogP contribution in [0.1, 0.15) is 22.7 Å². The molecule has 1 N–H and O–H groups in total. The van der Waals surface area contributed by atoms with E-state index in [0.29, 0.717) is 0 Å². The Bertz CT molecular complexity index is 610. The summed E-state index contributed by atoms with van der Waals surface area (Å²) in [5, 5.41) is 3.58. The van der Waals surface area contributed by atoms with Crippen LogP contribution in [0.3, 0.4) is 0 Å². The van der Waals surface area contributed by atoms with E-state index in [1.165, 1.54) is 11.1 Å². The van der Waals surface area contributed by atoms with Crippen LogP contribution in [0, 0.1) is 0 Å². The number of hydrogen-bond donors (Lipinski definition) is 1. The second kappa shape index (κ2) is 5.55. The Morgan fingerprint density at radius 3 is 2.65 bits per heavy atom. The summed E-state index contributed by atoms with van der Waals surface area (Å²) in [6.45, 7) is 0.983. The summed E-state index contributed by atoms with van der Waals surface area (Å²) in [4.78, 5) is 0. The Morgan fingerprint density at radius 2 is 1.85 bits per heavy atom. The first kappa shape index (κ1) is 13.0. The van der Waals surface area contributed by atoms with Gasteiger partial charge >= 0.3 is 0 Å². The lowest BCUT2D eigenvalue weighted by molar-refractivity contribution is 0.386. The summed E-state index contributed by atoms with van der Waals surface area (Å²) < 4.78 is 10.8. The first-order valence-corrected chi connectivity index (χ1v) is 6.86. The predicted molar refractivity (Wildman–Crippen MR) is 79.5 cm³/mol. The zero-order valence-electron chi connectivity index (χ0n) is 11.8. The van der Waals surface area contributed by atoms with Crippen molar-refractivity contribution in [3.05, 3.63) is 59.2 Å². The van der Waals surface area contributed by atoms with Crippen molar-refractivity contribution in [1.29, 1.82) is 0 Å². The second-order valence-electron chi connectivity index (χ2n) is 4.94. The van der Waals surface area contributed by atoms with Gasteiger partial charge < -0.3 is 14.8 Å². The Hall–Kier alpha value is -2.00. The highest BCUT2D eigenvalue weighted by atomic mass is 16.5. The number of benzene rings is 2. The number of hydrogen-bond acceptors (Lipinski definition) is 3. The summed E-state index contributed by atoms with van der Waals surface area (Å²) in [5.41, 5.74) is 3.90. The lowest BCUT2D eigenvalue weighted by Crippen LogP contribution is -2.30. The number of rotatable bonds is 3. The summed E-state index contributed by atoms with van der Waals surface area (Å²) in [5.74, 6) is 1.67. The van der Waals surface area contributed by atoms with E-state index in [9.17, 15) is 0 Å². The standard InChI is InChI=1S/C17H19NO2/c1-19-13-7-8-15(16(11-13)20-2)17-14-6-4-3-5-12(14)9-10-18-17/h3-8,11,17-18H,9-10H2,1-2H3. The van der Waals surface area contributed by atoms with Crippen molar-refractivity contribution in [3.63, 3.8) is 0 Å². The summed E-state index contributed by atoms with van der Waals surface area (Å²) in [6.07, 6.45) is 1.07. The molecule has 3 nitrogen and oxygen atoms in total. The number of methoxy groups -OCH3 is 2. The van der Waals surface area contributed by atoms with E-state index in [1.807, 2.05) is 12.1 Å². The van der Waals surface area contributed by atoms with Crippen molar-refractivity contribution in [2.45, 2.75) is 12.5 Å². The van der Waals surface area contributed by atoms with Crippen molar-refractivity contribution in [1.82, 2.24) is 5.32 Å². The van der Waals surface area contributed by atoms with Gasteiger partial charge in [-0.15, -0.1) is 0 Å². The summed E-state index contributed by atoms with van der Waals surface area (Å²) in [7, 11) is 3.37. The van der Waals surface area contributed by atoms with E-state index in [4.69, 9.17) is 9.47 Å². The van der Waals surface area contributed by atoms with E-state index < -0.39 is 0 Å². The highest BCUT2D eigenvalue weighted by Gasteiger charge is 2.23. The molecule has 0 fully saturated rings. The van der Waals surface area contributed by atoms with E-state index in [0.717, 1.165) is 30.0 Å². The topological polar surface area (TPSA) is 30.5 Å². The Morgan fingerprint density at radius 1 is 1.00 bits per heavy atom. The molecule has 2 aromatic carbocycles. The molecule has 3 rings (SSSR count). The van der Waals surface area contributed by atoms with Gasteiger partial charge in [0.2, 0.25) is 0 Å². The van der Waals surface area contributed by atoms with E-state index >= 15 is 0 Å². The normalized spacial score (nSPS) is 17.4. The van der Waals surface area contributed by atoms with Crippen LogP contribution < -0.4 is 14.8 Å². The average molecular weight is 269 g/mol. The number of fused-ring (bicyclic) bond motifs is 1. The largest absolute Gasteiger partial charge is 0.497 e. The lowest BCUT2D eigenvalue weighted by atomic mass is 9.89. The fourth-order valence-corrected chi connectivity index (χ4v) is 2.84. The van der Waals surface area contributed by atoms with Crippen LogP contribution in [-0.2, 0) is 6.42 Å². The highest BCUT2D eigenvalue weighted by Crippen LogP contribution is 2.35. The third-order valence-electron chi connectivity index (χ3n) is 3.86. The van der Waals surface area contributed by atoms with Gasteiger partial charge in [0.1, 0.15) is 11.5 Å². The van der Waals surface area contributed by atoms with E-state index in [2.05, 4.69) is 35.6 Å². The molecular formula is C17H19NO2. The summed E-state index contributed by atoms with van der Waals surface area (Å²) >= 11 is 0. The van der Waals surface area contributed by atoms with Gasteiger partial charge in [-0.05, 0) is 29.7 Å². The SMILES string of the molecule is COc1ccc(C2NCCc3ccccc32)c(OC)c1. The first-order valence-electron chi connectivity index (χ1n) is 6.86. The molecule has 0 saturated heterocycles. The molecule has 0 aromatic heterocycles. The van der Waals surface area contributed by atoms with E-state index in [-0.39, 0.29) is 6.04 Å². The highest BCUT2D eigenvalue weighted by molar-refractivity contribution is 5.48. The van der Waals surface area contributed by atoms with Crippen LogP contribution in [0.4, 0.5) is 0 Å². The lowest BCUT2D eigenvalue weighted by Gasteiger charge is -2.28. The van der Waals surface area contributed by atoms with Crippen molar-refractivity contribution in [2.75, 3.05) is 20.8 Å². The predicted octanol–water partition coefficient (Wildman–Crippen LogP) is 2.94. The molecule has 1 aliphatic rings. The van der Waals surface area contributed by atoms with Crippen LogP contribution >= 0.6 is 0 Å². The van der Waals surface area contributed by atoms with Crippen LogP contribution in [-0.4, -0.2) is 20.8 Å². The molecule has 0 amide bonds. The third kappa shape index (κ3) is 2.25. The molecule has 0 bridgehead atoms. The quantitative estimate of drug-likeness (QED) is 0.929. The Balaban J connectivity index is 2.06. The van der Waals surface area contributed by atoms with E-state index in [1.54, 1.807) is 14.2 Å². The minimum atomic E-state index is 0.181. The molecule has 104 valence electrons. The minimum Gasteiger partial charge on any atom is -0.497 e. The van der Waals surface area contributed by atoms with Crippen molar-refractivity contribution in [2.24, 2.45) is 0 Å². The molecule has 0 saturated carbocycles. The fourth-order valence-electron chi connectivity index (χ4n) is 2.84. The van der Waals surface area contributed by atoms with Gasteiger partial charge in [0, 0.05) is 18.2 Å². The monoisotopic (exact) mass is 269 g/mol. The average Bonchev–Trinajstić information content (AvgIpc) is 2.53. The smallest absolute Gasteiger partial charge is 0.127 e. The van der Waals surface area contributed by atoms with Crippen LogP contribution in [0.2, 0.25) is 0 Å². The maximum Gasteiger partial charge on any atom is 0.127 e. The van der Waals surface area contributed by atoms with Gasteiger partial charge in [0.15, 0.2) is 0 Å². The maximum atomic E-state index is 5.54. The minimum absolute atomic E-state index is 0.181. The second-order valence-corrected chi connectivity index (χ2v) is 4.94. The van der Waals surface area contributed by atoms with Crippen molar-refractivity contribution in [3.8, 4) is 11.5 Å². The zero-order valence-corrected chi connectivity index (χ0v) is 11.8. The third-order valence-corrected chi connectivity index (χ3v) is 3.86. The van der Waals surface area contributed by atoms with Gasteiger partial charge in [0.25, 0.3) is 0 Å². The molecular weight excluding hydrogens is 250 g/mol. The maximum absolute atomic E-state index is 5.54. The van der Waals surface area contributed by atoms with Crippen molar-refractivity contribution >= 4 is 0 Å². The molecule has 1 aliphatic heterocycles. The zero-order chi connectivity index (χ0) is 13.9. The van der Waals surface area contributed by atoms with Gasteiger partial charge in [-0.1, -0.05) is 24.3 Å². The number of ether oxygens (including phenoxy) is 2. The van der Waals surface area contributed by atoms with Crippen LogP contribution in [0.15, 0.2) is 42.5 Å². The molecule has 1 unspecified atom stereocenters. The van der Waals surface area contributed by atoms with Gasteiger partial charge in [-0.25, -0.2) is 0 Å². The molecule has 0 aliphatic carbocycles. The Kier molecular flexibility index (Phi) is 3.61. The molecule has 1 heterocycles. The fraction of sp³-hybridized carbons (Fsp3) is 0.294. The van der Waals surface area contributed by atoms with Crippen LogP contribution in [0.25, 0.3) is 0 Å². The molecule has 1 atom stereocenters. The van der Waals surface area contributed by atoms with Crippen LogP contribution in [0.5, 0.6) is 11.5 Å². The summed E-state index contributed by atoms with van der Waals surface area (Å²) in [6, 6.07) is 14.8. The number of nitrogens with one attached hydrogen (secondary N) is 1. The molecule has 3 heteroatoms. The van der Waals surface area contributed by atoms with Gasteiger partial charge in [-0.2, -0.15) is 0 Å². The molecule has 0 radical (unpaired) electrons. The van der Waals surface area contributed by atoms with Gasteiger partial charge in [0.05, 0.1) is 20.3 Å². The molecule has 2 aromatic rings. The van der Waals surface area contributed by atoms with Crippen molar-refractivity contribution < 1.29 is 9.47 Å². The Labute approximate surface area is 119 Å². The molecule has 20 heavy (non-hydrogen) atoms. The molecule has 0 spiro atoms. The van der Waals surface area contributed by atoms with Gasteiger partial charge in [-0.3, -0.25) is 0 Å².